The zero-order valence-electron chi connectivity index (χ0n) is 13.0. The summed E-state index contributed by atoms with van der Waals surface area (Å²) in [5.41, 5.74) is 0.760. The Bertz CT molecular complexity index is 707. The molecule has 24 heavy (non-hydrogen) atoms. The van der Waals surface area contributed by atoms with Crippen molar-refractivity contribution in [1.82, 2.24) is 10.6 Å². The minimum absolute atomic E-state index is 0.129. The van der Waals surface area contributed by atoms with Crippen molar-refractivity contribution in [3.63, 3.8) is 0 Å². The molecule has 0 bridgehead atoms. The standard InChI is InChI=1S/C18H18F2N2OS/c19-14-6-7-15(20)16(8-14)24-17(13-4-2-1-3-5-13)18(23)22-11-12-9-21-10-12/h1-8,12,17,21H,9-11H2,(H,22,23). The number of halogens is 2. The van der Waals surface area contributed by atoms with Gasteiger partial charge in [-0.3, -0.25) is 4.79 Å². The molecular weight excluding hydrogens is 330 g/mol. The Kier molecular flexibility index (Phi) is 5.48. The van der Waals surface area contributed by atoms with Crippen molar-refractivity contribution in [1.29, 1.82) is 0 Å². The molecule has 126 valence electrons. The number of nitrogens with one attached hydrogen (secondary N) is 2. The molecule has 1 unspecified atom stereocenters. The van der Waals surface area contributed by atoms with Crippen molar-refractivity contribution in [2.75, 3.05) is 19.6 Å². The summed E-state index contributed by atoms with van der Waals surface area (Å²) >= 11 is 1.03. The van der Waals surface area contributed by atoms with Gasteiger partial charge in [-0.15, -0.1) is 11.8 Å². The second-order valence-corrected chi connectivity index (χ2v) is 6.90. The average molecular weight is 348 g/mol. The fourth-order valence-electron chi connectivity index (χ4n) is 2.43. The van der Waals surface area contributed by atoms with Crippen LogP contribution in [0.3, 0.4) is 0 Å². The van der Waals surface area contributed by atoms with Crippen molar-refractivity contribution in [2.24, 2.45) is 5.92 Å². The van der Waals surface area contributed by atoms with Crippen molar-refractivity contribution >= 4 is 17.7 Å². The van der Waals surface area contributed by atoms with Crippen LogP contribution < -0.4 is 10.6 Å². The van der Waals surface area contributed by atoms with Crippen molar-refractivity contribution in [3.8, 4) is 0 Å². The van der Waals surface area contributed by atoms with Gasteiger partial charge >= 0.3 is 0 Å². The summed E-state index contributed by atoms with van der Waals surface area (Å²) in [5, 5.41) is 5.44. The molecule has 2 aromatic rings. The van der Waals surface area contributed by atoms with Crippen molar-refractivity contribution < 1.29 is 13.6 Å². The van der Waals surface area contributed by atoms with Gasteiger partial charge in [0.25, 0.3) is 0 Å². The molecular formula is C18H18F2N2OS. The van der Waals surface area contributed by atoms with Crippen LogP contribution in [0.15, 0.2) is 53.4 Å². The van der Waals surface area contributed by atoms with Gasteiger partial charge in [-0.25, -0.2) is 8.78 Å². The van der Waals surface area contributed by atoms with Gasteiger partial charge in [0.2, 0.25) is 5.91 Å². The molecule has 1 heterocycles. The number of hydrogen-bond donors (Lipinski definition) is 2. The second-order valence-electron chi connectivity index (χ2n) is 5.75. The molecule has 2 N–H and O–H groups in total. The Morgan fingerprint density at radius 1 is 1.21 bits per heavy atom. The molecule has 0 spiro atoms. The molecule has 1 fully saturated rings. The molecule has 0 aliphatic carbocycles. The molecule has 0 aromatic heterocycles. The quantitative estimate of drug-likeness (QED) is 0.788. The first-order valence-corrected chi connectivity index (χ1v) is 8.66. The molecule has 1 amide bonds. The van der Waals surface area contributed by atoms with Gasteiger partial charge in [0.1, 0.15) is 16.9 Å². The Hall–Kier alpha value is -1.92. The van der Waals surface area contributed by atoms with E-state index >= 15 is 0 Å². The minimum atomic E-state index is -0.629. The van der Waals surface area contributed by atoms with Crippen molar-refractivity contribution in [2.45, 2.75) is 10.1 Å². The SMILES string of the molecule is O=C(NCC1CNC1)C(Sc1cc(F)ccc1F)c1ccccc1. The smallest absolute Gasteiger partial charge is 0.238 e. The highest BCUT2D eigenvalue weighted by molar-refractivity contribution is 8.00. The Morgan fingerprint density at radius 2 is 1.96 bits per heavy atom. The van der Waals surface area contributed by atoms with Gasteiger partial charge in [0.05, 0.1) is 0 Å². The van der Waals surface area contributed by atoms with Crippen LogP contribution in [-0.2, 0) is 4.79 Å². The first-order valence-electron chi connectivity index (χ1n) is 7.78. The summed E-state index contributed by atoms with van der Waals surface area (Å²) < 4.78 is 27.4. The Balaban J connectivity index is 1.78. The third kappa shape index (κ3) is 4.13. The van der Waals surface area contributed by atoms with Gasteiger partial charge in [-0.2, -0.15) is 0 Å². The number of amides is 1. The molecule has 6 heteroatoms. The number of rotatable bonds is 6. The van der Waals surface area contributed by atoms with E-state index in [0.29, 0.717) is 12.5 Å². The first kappa shape index (κ1) is 16.9. The summed E-state index contributed by atoms with van der Waals surface area (Å²) in [6.45, 7) is 2.37. The van der Waals surface area contributed by atoms with Crippen LogP contribution >= 0.6 is 11.8 Å². The third-order valence-corrected chi connectivity index (χ3v) is 5.20. The number of thioether (sulfide) groups is 1. The van der Waals surface area contributed by atoms with Gasteiger partial charge < -0.3 is 10.6 Å². The highest BCUT2D eigenvalue weighted by Crippen LogP contribution is 2.37. The topological polar surface area (TPSA) is 41.1 Å². The van der Waals surface area contributed by atoms with E-state index in [9.17, 15) is 13.6 Å². The predicted octanol–water partition coefficient (Wildman–Crippen LogP) is 3.13. The van der Waals surface area contributed by atoms with E-state index in [-0.39, 0.29) is 10.8 Å². The minimum Gasteiger partial charge on any atom is -0.354 e. The van der Waals surface area contributed by atoms with Crippen molar-refractivity contribution in [3.05, 3.63) is 65.7 Å². The molecule has 2 aromatic carbocycles. The Morgan fingerprint density at radius 3 is 2.62 bits per heavy atom. The van der Waals surface area contributed by atoms with Crippen LogP contribution in [0.1, 0.15) is 10.8 Å². The van der Waals surface area contributed by atoms with E-state index in [1.54, 1.807) is 0 Å². The summed E-state index contributed by atoms with van der Waals surface area (Å²) in [6, 6.07) is 12.4. The number of benzene rings is 2. The molecule has 1 aliphatic rings. The normalized spacial score (nSPS) is 15.6. The summed E-state index contributed by atoms with van der Waals surface area (Å²) in [7, 11) is 0. The lowest BCUT2D eigenvalue weighted by atomic mass is 10.0. The van der Waals surface area contributed by atoms with Crippen LogP contribution in [0.2, 0.25) is 0 Å². The molecule has 0 saturated carbocycles. The lowest BCUT2D eigenvalue weighted by Crippen LogP contribution is -2.48. The number of carbonyl (C=O) groups is 1. The van der Waals surface area contributed by atoms with Crippen LogP contribution in [0.5, 0.6) is 0 Å². The molecule has 1 saturated heterocycles. The third-order valence-electron chi connectivity index (χ3n) is 3.91. The van der Waals surface area contributed by atoms with E-state index in [2.05, 4.69) is 10.6 Å². The van der Waals surface area contributed by atoms with Gasteiger partial charge in [0, 0.05) is 30.4 Å². The monoisotopic (exact) mass is 348 g/mol. The lowest BCUT2D eigenvalue weighted by Gasteiger charge is -2.28. The molecule has 1 aliphatic heterocycles. The first-order chi connectivity index (χ1) is 11.6. The fraction of sp³-hybridized carbons (Fsp3) is 0.278. The zero-order valence-corrected chi connectivity index (χ0v) is 13.8. The Labute approximate surface area is 143 Å². The van der Waals surface area contributed by atoms with Gasteiger partial charge in [-0.05, 0) is 23.8 Å². The maximum absolute atomic E-state index is 14.0. The largest absolute Gasteiger partial charge is 0.354 e. The van der Waals surface area contributed by atoms with Crippen LogP contribution in [0.4, 0.5) is 8.78 Å². The summed E-state index contributed by atoms with van der Waals surface area (Å²) in [4.78, 5) is 12.7. The maximum atomic E-state index is 14.0. The fourth-order valence-corrected chi connectivity index (χ4v) is 3.52. The highest BCUT2D eigenvalue weighted by atomic mass is 32.2. The molecule has 1 atom stereocenters. The molecule has 3 nitrogen and oxygen atoms in total. The molecule has 0 radical (unpaired) electrons. The second kappa shape index (κ2) is 7.77. The summed E-state index contributed by atoms with van der Waals surface area (Å²) in [5.74, 6) is -0.812. The van der Waals surface area contributed by atoms with Crippen LogP contribution in [0.25, 0.3) is 0 Å². The molecule has 3 rings (SSSR count). The number of carbonyl (C=O) groups excluding carboxylic acids is 1. The van der Waals surface area contributed by atoms with Crippen LogP contribution in [0, 0.1) is 17.6 Å². The van der Waals surface area contributed by atoms with E-state index < -0.39 is 16.9 Å². The van der Waals surface area contributed by atoms with Gasteiger partial charge in [0.15, 0.2) is 0 Å². The zero-order chi connectivity index (χ0) is 16.9. The highest BCUT2D eigenvalue weighted by Gasteiger charge is 2.25. The van der Waals surface area contributed by atoms with E-state index in [1.165, 1.54) is 0 Å². The van der Waals surface area contributed by atoms with E-state index in [4.69, 9.17) is 0 Å². The average Bonchev–Trinajstić information content (AvgIpc) is 2.55. The van der Waals surface area contributed by atoms with E-state index in [0.717, 1.165) is 48.6 Å². The lowest BCUT2D eigenvalue weighted by molar-refractivity contribution is -0.120. The summed E-state index contributed by atoms with van der Waals surface area (Å²) in [6.07, 6.45) is 0. The maximum Gasteiger partial charge on any atom is 0.238 e. The van der Waals surface area contributed by atoms with Crippen LogP contribution in [-0.4, -0.2) is 25.5 Å². The van der Waals surface area contributed by atoms with Gasteiger partial charge in [-0.1, -0.05) is 30.3 Å². The van der Waals surface area contributed by atoms with E-state index in [1.807, 2.05) is 30.3 Å². The number of hydrogen-bond acceptors (Lipinski definition) is 3. The predicted molar refractivity (Wildman–Crippen MR) is 90.8 cm³/mol.